The quantitative estimate of drug-likeness (QED) is 0.838. The molecule has 1 aromatic rings. The van der Waals surface area contributed by atoms with Crippen molar-refractivity contribution in [3.05, 3.63) is 35.4 Å². The molecule has 0 spiro atoms. The third kappa shape index (κ3) is 5.90. The van der Waals surface area contributed by atoms with E-state index in [0.29, 0.717) is 38.9 Å². The van der Waals surface area contributed by atoms with Gasteiger partial charge in [-0.3, -0.25) is 9.59 Å². The molecule has 0 saturated carbocycles. The van der Waals surface area contributed by atoms with Crippen LogP contribution in [0.1, 0.15) is 24.2 Å². The zero-order chi connectivity index (χ0) is 20.0. The summed E-state index contributed by atoms with van der Waals surface area (Å²) < 4.78 is 31.6. The Morgan fingerprint density at radius 1 is 1.11 bits per heavy atom. The fourth-order valence-corrected chi connectivity index (χ4v) is 2.50. The smallest absolute Gasteiger partial charge is 0.409 e. The lowest BCUT2D eigenvalue weighted by atomic mass is 10.2. The Morgan fingerprint density at radius 2 is 1.74 bits per heavy atom. The van der Waals surface area contributed by atoms with Gasteiger partial charge in [0.25, 0.3) is 5.91 Å². The molecule has 1 aliphatic heterocycles. The van der Waals surface area contributed by atoms with E-state index in [-0.39, 0.29) is 23.9 Å². The zero-order valence-electron chi connectivity index (χ0n) is 15.3. The molecule has 1 N–H and O–H groups in total. The lowest BCUT2D eigenvalue weighted by molar-refractivity contribution is -0.131. The molecule has 0 bridgehead atoms. The third-order valence-corrected chi connectivity index (χ3v) is 4.01. The van der Waals surface area contributed by atoms with Gasteiger partial charge in [-0.2, -0.15) is 0 Å². The molecule has 9 heteroatoms. The first-order valence-corrected chi connectivity index (χ1v) is 8.70. The van der Waals surface area contributed by atoms with E-state index in [0.717, 1.165) is 12.1 Å². The van der Waals surface area contributed by atoms with Crippen LogP contribution in [0.25, 0.3) is 0 Å². The summed E-state index contributed by atoms with van der Waals surface area (Å²) in [5.41, 5.74) is -0.332. The Hall–Kier alpha value is -2.71. The number of carbonyl (C=O) groups is 3. The van der Waals surface area contributed by atoms with Crippen molar-refractivity contribution < 1.29 is 27.9 Å². The van der Waals surface area contributed by atoms with Crippen molar-refractivity contribution in [2.24, 2.45) is 5.92 Å². The van der Waals surface area contributed by atoms with Crippen LogP contribution >= 0.6 is 0 Å². The fraction of sp³-hybridized carbons (Fsp3) is 0.500. The molecule has 3 amide bonds. The number of benzene rings is 1. The minimum atomic E-state index is -0.992. The van der Waals surface area contributed by atoms with Gasteiger partial charge in [0.1, 0.15) is 11.6 Å². The molecular formula is C18H23F2N3O4. The summed E-state index contributed by atoms with van der Waals surface area (Å²) in [5.74, 6) is -2.68. The number of rotatable bonds is 5. The van der Waals surface area contributed by atoms with Crippen molar-refractivity contribution in [3.63, 3.8) is 0 Å². The first kappa shape index (κ1) is 20.6. The third-order valence-electron chi connectivity index (χ3n) is 4.01. The number of nitrogens with zero attached hydrogens (tertiary/aromatic N) is 2. The van der Waals surface area contributed by atoms with E-state index in [1.54, 1.807) is 0 Å². The molecule has 1 heterocycles. The van der Waals surface area contributed by atoms with E-state index in [9.17, 15) is 23.2 Å². The number of hydrogen-bond acceptors (Lipinski definition) is 4. The highest BCUT2D eigenvalue weighted by Crippen LogP contribution is 2.09. The first-order chi connectivity index (χ1) is 12.8. The topological polar surface area (TPSA) is 79.0 Å². The Balaban J connectivity index is 1.77. The van der Waals surface area contributed by atoms with Crippen LogP contribution in [0.5, 0.6) is 0 Å². The number of amides is 3. The van der Waals surface area contributed by atoms with Crippen LogP contribution in [0, 0.1) is 17.6 Å². The van der Waals surface area contributed by atoms with Gasteiger partial charge in [0.05, 0.1) is 18.7 Å². The average Bonchev–Trinajstić information content (AvgIpc) is 2.64. The average molecular weight is 383 g/mol. The molecule has 1 saturated heterocycles. The minimum absolute atomic E-state index is 0.242. The van der Waals surface area contributed by atoms with E-state index < -0.39 is 23.6 Å². The number of halogens is 2. The molecule has 0 atom stereocenters. The van der Waals surface area contributed by atoms with Crippen LogP contribution in [0.15, 0.2) is 18.2 Å². The van der Waals surface area contributed by atoms with E-state index in [1.165, 1.54) is 9.80 Å². The monoisotopic (exact) mass is 383 g/mol. The van der Waals surface area contributed by atoms with Crippen molar-refractivity contribution in [2.45, 2.75) is 13.8 Å². The largest absolute Gasteiger partial charge is 0.449 e. The van der Waals surface area contributed by atoms with Crippen LogP contribution in [-0.4, -0.2) is 67.0 Å². The molecule has 148 valence electrons. The molecule has 0 aliphatic carbocycles. The summed E-state index contributed by atoms with van der Waals surface area (Å²) in [6, 6.07) is 2.59. The standard InChI is InChI=1S/C18H23F2N3O4/c1-12(2)11-27-18(26)23-7-5-22(6-8-23)16(24)10-21-17(25)14-4-3-13(19)9-15(14)20/h3-4,9,12H,5-8,10-11H2,1-2H3,(H,21,25). The highest BCUT2D eigenvalue weighted by atomic mass is 19.1. The number of nitrogens with one attached hydrogen (secondary N) is 1. The summed E-state index contributed by atoms with van der Waals surface area (Å²) in [4.78, 5) is 39.0. The second-order valence-electron chi connectivity index (χ2n) is 6.65. The summed E-state index contributed by atoms with van der Waals surface area (Å²) in [5, 5.41) is 2.33. The molecular weight excluding hydrogens is 360 g/mol. The first-order valence-electron chi connectivity index (χ1n) is 8.70. The second kappa shape index (κ2) is 9.29. The van der Waals surface area contributed by atoms with Gasteiger partial charge >= 0.3 is 6.09 Å². The molecule has 7 nitrogen and oxygen atoms in total. The molecule has 0 radical (unpaired) electrons. The maximum Gasteiger partial charge on any atom is 0.409 e. The lowest BCUT2D eigenvalue weighted by Crippen LogP contribution is -2.52. The maximum absolute atomic E-state index is 13.6. The fourth-order valence-electron chi connectivity index (χ4n) is 2.50. The molecule has 0 unspecified atom stereocenters. The van der Waals surface area contributed by atoms with E-state index in [4.69, 9.17) is 4.74 Å². The lowest BCUT2D eigenvalue weighted by Gasteiger charge is -2.34. The van der Waals surface area contributed by atoms with Gasteiger partial charge in [0.15, 0.2) is 0 Å². The van der Waals surface area contributed by atoms with Gasteiger partial charge in [-0.05, 0) is 18.1 Å². The molecule has 1 fully saturated rings. The number of carbonyl (C=O) groups excluding carboxylic acids is 3. The summed E-state index contributed by atoms with van der Waals surface area (Å²) in [6.07, 6.45) is -0.407. The van der Waals surface area contributed by atoms with Crippen molar-refractivity contribution in [3.8, 4) is 0 Å². The summed E-state index contributed by atoms with van der Waals surface area (Å²) >= 11 is 0. The Kier molecular flexibility index (Phi) is 7.09. The Labute approximate surface area is 156 Å². The van der Waals surface area contributed by atoms with Crippen molar-refractivity contribution in [1.29, 1.82) is 0 Å². The van der Waals surface area contributed by atoms with Crippen LogP contribution in [-0.2, 0) is 9.53 Å². The van der Waals surface area contributed by atoms with Crippen LogP contribution in [0.2, 0.25) is 0 Å². The molecule has 1 aromatic carbocycles. The normalized spacial score (nSPS) is 14.3. The molecule has 1 aliphatic rings. The Morgan fingerprint density at radius 3 is 2.33 bits per heavy atom. The SMILES string of the molecule is CC(C)COC(=O)N1CCN(C(=O)CNC(=O)c2ccc(F)cc2F)CC1. The minimum Gasteiger partial charge on any atom is -0.449 e. The van der Waals surface area contributed by atoms with Gasteiger partial charge < -0.3 is 19.9 Å². The van der Waals surface area contributed by atoms with Crippen molar-refractivity contribution in [2.75, 3.05) is 39.3 Å². The highest BCUT2D eigenvalue weighted by Gasteiger charge is 2.25. The van der Waals surface area contributed by atoms with Gasteiger partial charge in [-0.1, -0.05) is 13.8 Å². The zero-order valence-corrected chi connectivity index (χ0v) is 15.3. The summed E-state index contributed by atoms with van der Waals surface area (Å²) in [7, 11) is 0. The highest BCUT2D eigenvalue weighted by molar-refractivity contribution is 5.96. The van der Waals surface area contributed by atoms with Crippen LogP contribution in [0.4, 0.5) is 13.6 Å². The van der Waals surface area contributed by atoms with Gasteiger partial charge in [-0.15, -0.1) is 0 Å². The van der Waals surface area contributed by atoms with Gasteiger partial charge in [0, 0.05) is 32.2 Å². The predicted octanol–water partition coefficient (Wildman–Crippen LogP) is 1.63. The summed E-state index contributed by atoms with van der Waals surface area (Å²) in [6.45, 7) is 5.21. The Bertz CT molecular complexity index is 704. The second-order valence-corrected chi connectivity index (χ2v) is 6.65. The molecule has 27 heavy (non-hydrogen) atoms. The van der Waals surface area contributed by atoms with Crippen molar-refractivity contribution in [1.82, 2.24) is 15.1 Å². The van der Waals surface area contributed by atoms with Crippen LogP contribution < -0.4 is 5.32 Å². The number of piperazine rings is 1. The van der Waals surface area contributed by atoms with Gasteiger partial charge in [0.2, 0.25) is 5.91 Å². The van der Waals surface area contributed by atoms with Crippen molar-refractivity contribution >= 4 is 17.9 Å². The molecule has 2 rings (SSSR count). The predicted molar refractivity (Wildman–Crippen MR) is 93.0 cm³/mol. The molecule has 0 aromatic heterocycles. The van der Waals surface area contributed by atoms with Crippen LogP contribution in [0.3, 0.4) is 0 Å². The van der Waals surface area contributed by atoms with E-state index in [1.807, 2.05) is 13.8 Å². The maximum atomic E-state index is 13.6. The number of ether oxygens (including phenoxy) is 1. The van der Waals surface area contributed by atoms with E-state index in [2.05, 4.69) is 5.32 Å². The van der Waals surface area contributed by atoms with E-state index >= 15 is 0 Å². The number of hydrogen-bond donors (Lipinski definition) is 1. The van der Waals surface area contributed by atoms with Gasteiger partial charge in [-0.25, -0.2) is 13.6 Å².